The molecule has 0 saturated heterocycles. The Balaban J connectivity index is 2.41. The number of halogens is 2. The summed E-state index contributed by atoms with van der Waals surface area (Å²) in [5.74, 6) is 1.17. The maximum atomic E-state index is 5.86. The molecular weight excluding hydrogens is 247 g/mol. The van der Waals surface area contributed by atoms with Crippen LogP contribution in [0.1, 0.15) is 18.9 Å². The van der Waals surface area contributed by atoms with Gasteiger partial charge in [0.1, 0.15) is 12.4 Å². The molecule has 1 rings (SSSR count). The highest BCUT2D eigenvalue weighted by atomic mass is 35.5. The first-order chi connectivity index (χ1) is 7.77. The number of hydrogen-bond acceptors (Lipinski definition) is 2. The topological polar surface area (TPSA) is 18.5 Å². The minimum atomic E-state index is 0.395. The van der Waals surface area contributed by atoms with E-state index in [2.05, 4.69) is 6.92 Å². The van der Waals surface area contributed by atoms with E-state index in [-0.39, 0.29) is 0 Å². The van der Waals surface area contributed by atoms with Crippen LogP contribution in [-0.2, 0) is 10.6 Å². The zero-order valence-electron chi connectivity index (χ0n) is 9.34. The first-order valence-corrected chi connectivity index (χ1v) is 6.24. The van der Waals surface area contributed by atoms with Gasteiger partial charge in [-0.05, 0) is 24.6 Å². The summed E-state index contributed by atoms with van der Waals surface area (Å²) in [6, 6.07) is 5.44. The van der Waals surface area contributed by atoms with Gasteiger partial charge in [-0.3, -0.25) is 0 Å². The monoisotopic (exact) mass is 262 g/mol. The van der Waals surface area contributed by atoms with Gasteiger partial charge in [0, 0.05) is 17.2 Å². The number of benzene rings is 1. The Hall–Kier alpha value is -0.440. The van der Waals surface area contributed by atoms with E-state index in [4.69, 9.17) is 32.7 Å². The summed E-state index contributed by atoms with van der Waals surface area (Å²) in [7, 11) is 0. The molecule has 0 bridgehead atoms. The maximum Gasteiger partial charge on any atom is 0.123 e. The van der Waals surface area contributed by atoms with Crippen molar-refractivity contribution >= 4 is 23.2 Å². The third-order valence-electron chi connectivity index (χ3n) is 2.00. The predicted octanol–water partition coefficient (Wildman–Crippen LogP) is 3.88. The number of alkyl halides is 1. The van der Waals surface area contributed by atoms with Crippen LogP contribution in [0.4, 0.5) is 0 Å². The lowest BCUT2D eigenvalue weighted by Gasteiger charge is -2.10. The van der Waals surface area contributed by atoms with Crippen molar-refractivity contribution in [2.24, 2.45) is 0 Å². The van der Waals surface area contributed by atoms with Crippen molar-refractivity contribution in [1.82, 2.24) is 0 Å². The van der Waals surface area contributed by atoms with Gasteiger partial charge < -0.3 is 9.47 Å². The van der Waals surface area contributed by atoms with Crippen LogP contribution in [0.3, 0.4) is 0 Å². The molecule has 0 heterocycles. The largest absolute Gasteiger partial charge is 0.491 e. The Morgan fingerprint density at radius 1 is 1.19 bits per heavy atom. The van der Waals surface area contributed by atoms with E-state index >= 15 is 0 Å². The van der Waals surface area contributed by atoms with Gasteiger partial charge in [0.05, 0.1) is 12.5 Å². The molecule has 0 spiro atoms. The van der Waals surface area contributed by atoms with Crippen molar-refractivity contribution in [2.75, 3.05) is 19.8 Å². The minimum Gasteiger partial charge on any atom is -0.491 e. The van der Waals surface area contributed by atoms with Gasteiger partial charge >= 0.3 is 0 Å². The molecule has 0 aliphatic carbocycles. The Kier molecular flexibility index (Phi) is 6.62. The van der Waals surface area contributed by atoms with E-state index in [1.807, 2.05) is 12.1 Å². The summed E-state index contributed by atoms with van der Waals surface area (Å²) in [5, 5.41) is 0.672. The van der Waals surface area contributed by atoms with Crippen LogP contribution in [-0.4, -0.2) is 19.8 Å². The fourth-order valence-electron chi connectivity index (χ4n) is 1.25. The van der Waals surface area contributed by atoms with E-state index in [0.29, 0.717) is 24.1 Å². The molecule has 0 aromatic heterocycles. The minimum absolute atomic E-state index is 0.395. The molecule has 0 unspecified atom stereocenters. The third-order valence-corrected chi connectivity index (χ3v) is 2.52. The van der Waals surface area contributed by atoms with Crippen LogP contribution in [0.5, 0.6) is 5.75 Å². The number of rotatable bonds is 7. The van der Waals surface area contributed by atoms with Crippen molar-refractivity contribution in [1.29, 1.82) is 0 Å². The molecule has 0 fully saturated rings. The van der Waals surface area contributed by atoms with Crippen LogP contribution in [0.2, 0.25) is 5.02 Å². The third kappa shape index (κ3) is 4.60. The second-order valence-corrected chi connectivity index (χ2v) is 4.05. The van der Waals surface area contributed by atoms with Gasteiger partial charge in [-0.2, -0.15) is 0 Å². The van der Waals surface area contributed by atoms with Crippen LogP contribution in [0, 0.1) is 0 Å². The van der Waals surface area contributed by atoms with Gasteiger partial charge in [0.25, 0.3) is 0 Å². The Labute approximate surface area is 106 Å². The summed E-state index contributed by atoms with van der Waals surface area (Å²) in [5.41, 5.74) is 0.907. The average molecular weight is 263 g/mol. The first kappa shape index (κ1) is 13.6. The molecule has 0 N–H and O–H groups in total. The molecule has 4 heteroatoms. The highest BCUT2D eigenvalue weighted by Gasteiger charge is 2.03. The van der Waals surface area contributed by atoms with Gasteiger partial charge in [0.15, 0.2) is 0 Å². The fraction of sp³-hybridized carbons (Fsp3) is 0.500. The molecule has 16 heavy (non-hydrogen) atoms. The standard InChI is InChI=1S/C12H16Cl2O2/c1-2-5-15-6-7-16-12-4-3-11(14)8-10(12)9-13/h3-4,8H,2,5-7,9H2,1H3. The second kappa shape index (κ2) is 7.77. The molecule has 0 aliphatic rings. The van der Waals surface area contributed by atoms with Crippen LogP contribution < -0.4 is 4.74 Å². The summed E-state index contributed by atoms with van der Waals surface area (Å²) < 4.78 is 10.9. The quantitative estimate of drug-likeness (QED) is 0.549. The number of hydrogen-bond donors (Lipinski definition) is 0. The summed E-state index contributed by atoms with van der Waals surface area (Å²) in [6.07, 6.45) is 1.02. The maximum absolute atomic E-state index is 5.86. The molecule has 2 nitrogen and oxygen atoms in total. The molecule has 0 aliphatic heterocycles. The van der Waals surface area contributed by atoms with Gasteiger partial charge in [-0.15, -0.1) is 11.6 Å². The van der Waals surface area contributed by atoms with E-state index in [1.54, 1.807) is 6.07 Å². The zero-order chi connectivity index (χ0) is 11.8. The highest BCUT2D eigenvalue weighted by Crippen LogP contribution is 2.24. The molecule has 1 aromatic carbocycles. The molecule has 0 amide bonds. The van der Waals surface area contributed by atoms with E-state index < -0.39 is 0 Å². The summed E-state index contributed by atoms with van der Waals surface area (Å²) in [6.45, 7) is 3.97. The first-order valence-electron chi connectivity index (χ1n) is 5.33. The summed E-state index contributed by atoms with van der Waals surface area (Å²) >= 11 is 11.7. The van der Waals surface area contributed by atoms with Crippen molar-refractivity contribution < 1.29 is 9.47 Å². The lowest BCUT2D eigenvalue weighted by atomic mass is 10.2. The highest BCUT2D eigenvalue weighted by molar-refractivity contribution is 6.30. The predicted molar refractivity (Wildman–Crippen MR) is 67.6 cm³/mol. The number of ether oxygens (including phenoxy) is 2. The Morgan fingerprint density at radius 2 is 2.00 bits per heavy atom. The van der Waals surface area contributed by atoms with Crippen molar-refractivity contribution in [3.63, 3.8) is 0 Å². The lowest BCUT2D eigenvalue weighted by Crippen LogP contribution is -2.08. The SMILES string of the molecule is CCCOCCOc1ccc(Cl)cc1CCl. The lowest BCUT2D eigenvalue weighted by molar-refractivity contribution is 0.100. The molecule has 0 atom stereocenters. The van der Waals surface area contributed by atoms with E-state index in [1.165, 1.54) is 0 Å². The molecular formula is C12H16Cl2O2. The Bertz CT molecular complexity index is 316. The van der Waals surface area contributed by atoms with Crippen LogP contribution in [0.15, 0.2) is 18.2 Å². The molecule has 1 aromatic rings. The van der Waals surface area contributed by atoms with Crippen LogP contribution >= 0.6 is 23.2 Å². The van der Waals surface area contributed by atoms with Gasteiger partial charge in [-0.1, -0.05) is 18.5 Å². The van der Waals surface area contributed by atoms with Crippen molar-refractivity contribution in [2.45, 2.75) is 19.2 Å². The molecule has 0 saturated carbocycles. The van der Waals surface area contributed by atoms with Gasteiger partial charge in [0.2, 0.25) is 0 Å². The Morgan fingerprint density at radius 3 is 2.69 bits per heavy atom. The van der Waals surface area contributed by atoms with Crippen molar-refractivity contribution in [3.05, 3.63) is 28.8 Å². The average Bonchev–Trinajstić information content (AvgIpc) is 2.30. The normalized spacial score (nSPS) is 10.4. The zero-order valence-corrected chi connectivity index (χ0v) is 10.9. The summed E-state index contributed by atoms with van der Waals surface area (Å²) in [4.78, 5) is 0. The van der Waals surface area contributed by atoms with Crippen molar-refractivity contribution in [3.8, 4) is 5.75 Å². The van der Waals surface area contributed by atoms with Crippen LogP contribution in [0.25, 0.3) is 0 Å². The molecule has 0 radical (unpaired) electrons. The second-order valence-electron chi connectivity index (χ2n) is 3.35. The van der Waals surface area contributed by atoms with Gasteiger partial charge in [-0.25, -0.2) is 0 Å². The smallest absolute Gasteiger partial charge is 0.123 e. The van der Waals surface area contributed by atoms with E-state index in [0.717, 1.165) is 24.3 Å². The fourth-order valence-corrected chi connectivity index (χ4v) is 1.65. The molecule has 90 valence electrons. The van der Waals surface area contributed by atoms with E-state index in [9.17, 15) is 0 Å².